The van der Waals surface area contributed by atoms with Gasteiger partial charge in [-0.15, -0.1) is 0 Å². The van der Waals surface area contributed by atoms with Crippen LogP contribution in [0.15, 0.2) is 127 Å². The maximum atomic E-state index is 2.36. The van der Waals surface area contributed by atoms with Crippen LogP contribution in [-0.2, 0) is 5.41 Å². The highest BCUT2D eigenvalue weighted by Gasteiger charge is 2.20. The minimum Gasteiger partial charge on any atom is -0.310 e. The highest BCUT2D eigenvalue weighted by atomic mass is 15.1. The standard InChI is InChI=1S/C35H33N/c1-26-15-20-33(25-34(26)35(2,3)4)36(31-21-16-29(17-22-31)27-11-7-5-8-12-27)32-23-18-30(19-24-32)28-13-9-6-10-14-28/h5-25H,1-4H3. The number of aryl methyl sites for hydroxylation is 1. The molecule has 0 saturated carbocycles. The fourth-order valence-corrected chi connectivity index (χ4v) is 4.87. The zero-order valence-corrected chi connectivity index (χ0v) is 21.6. The van der Waals surface area contributed by atoms with E-state index in [1.54, 1.807) is 0 Å². The molecule has 5 aromatic rings. The van der Waals surface area contributed by atoms with Crippen LogP contribution in [-0.4, -0.2) is 0 Å². The highest BCUT2D eigenvalue weighted by Crippen LogP contribution is 2.39. The number of hydrogen-bond acceptors (Lipinski definition) is 1. The summed E-state index contributed by atoms with van der Waals surface area (Å²) < 4.78 is 0. The van der Waals surface area contributed by atoms with E-state index in [4.69, 9.17) is 0 Å². The predicted octanol–water partition coefficient (Wildman–Crippen LogP) is 10.1. The summed E-state index contributed by atoms with van der Waals surface area (Å²) in [4.78, 5) is 2.36. The van der Waals surface area contributed by atoms with Crippen LogP contribution in [0.1, 0.15) is 31.9 Å². The van der Waals surface area contributed by atoms with E-state index in [0.717, 1.165) is 11.4 Å². The lowest BCUT2D eigenvalue weighted by Gasteiger charge is -2.29. The molecule has 0 aliphatic carbocycles. The van der Waals surface area contributed by atoms with E-state index in [0.29, 0.717) is 0 Å². The van der Waals surface area contributed by atoms with Crippen LogP contribution in [0.3, 0.4) is 0 Å². The fourth-order valence-electron chi connectivity index (χ4n) is 4.87. The average molecular weight is 468 g/mol. The van der Waals surface area contributed by atoms with Crippen LogP contribution in [0.4, 0.5) is 17.1 Å². The molecule has 0 aliphatic rings. The Morgan fingerprint density at radius 1 is 0.444 bits per heavy atom. The van der Waals surface area contributed by atoms with Gasteiger partial charge in [-0.3, -0.25) is 0 Å². The Hall–Kier alpha value is -4.10. The molecule has 1 nitrogen and oxygen atoms in total. The molecule has 1 heteroatoms. The summed E-state index contributed by atoms with van der Waals surface area (Å²) in [6.45, 7) is 9.06. The average Bonchev–Trinajstić information content (AvgIpc) is 2.91. The SMILES string of the molecule is Cc1ccc(N(c2ccc(-c3ccccc3)cc2)c2ccc(-c3ccccc3)cc2)cc1C(C)(C)C. The molecule has 178 valence electrons. The maximum Gasteiger partial charge on any atom is 0.0464 e. The first-order valence-electron chi connectivity index (χ1n) is 12.6. The summed E-state index contributed by atoms with van der Waals surface area (Å²) in [7, 11) is 0. The van der Waals surface area contributed by atoms with E-state index in [1.807, 2.05) is 0 Å². The van der Waals surface area contributed by atoms with Crippen molar-refractivity contribution in [2.75, 3.05) is 4.90 Å². The van der Waals surface area contributed by atoms with Crippen molar-refractivity contribution in [2.45, 2.75) is 33.1 Å². The van der Waals surface area contributed by atoms with Gasteiger partial charge in [0.2, 0.25) is 0 Å². The lowest BCUT2D eigenvalue weighted by Crippen LogP contribution is -2.16. The van der Waals surface area contributed by atoms with E-state index < -0.39 is 0 Å². The van der Waals surface area contributed by atoms with Crippen molar-refractivity contribution >= 4 is 17.1 Å². The summed E-state index contributed by atoms with van der Waals surface area (Å²) in [6.07, 6.45) is 0. The number of anilines is 3. The predicted molar refractivity (Wildman–Crippen MR) is 155 cm³/mol. The maximum absolute atomic E-state index is 2.36. The number of nitrogens with zero attached hydrogens (tertiary/aromatic N) is 1. The molecule has 0 unspecified atom stereocenters. The second-order valence-corrected chi connectivity index (χ2v) is 10.4. The lowest BCUT2D eigenvalue weighted by molar-refractivity contribution is 0.586. The van der Waals surface area contributed by atoms with Gasteiger partial charge in [-0.1, -0.05) is 112 Å². The van der Waals surface area contributed by atoms with E-state index in [2.05, 4.69) is 160 Å². The smallest absolute Gasteiger partial charge is 0.0464 e. The van der Waals surface area contributed by atoms with E-state index >= 15 is 0 Å². The summed E-state index contributed by atoms with van der Waals surface area (Å²) in [5, 5.41) is 0. The van der Waals surface area contributed by atoms with Gasteiger partial charge in [-0.05, 0) is 82.1 Å². The minimum atomic E-state index is 0.0695. The summed E-state index contributed by atoms with van der Waals surface area (Å²) >= 11 is 0. The third-order valence-corrected chi connectivity index (χ3v) is 6.75. The summed E-state index contributed by atoms with van der Waals surface area (Å²) in [6, 6.07) is 45.7. The Morgan fingerprint density at radius 3 is 1.25 bits per heavy atom. The van der Waals surface area contributed by atoms with Gasteiger partial charge >= 0.3 is 0 Å². The van der Waals surface area contributed by atoms with Gasteiger partial charge in [-0.25, -0.2) is 0 Å². The van der Waals surface area contributed by atoms with Gasteiger partial charge < -0.3 is 4.90 Å². The Bertz CT molecular complexity index is 1340. The molecule has 0 bridgehead atoms. The van der Waals surface area contributed by atoms with Crippen molar-refractivity contribution in [1.82, 2.24) is 0 Å². The van der Waals surface area contributed by atoms with Crippen molar-refractivity contribution in [3.8, 4) is 22.3 Å². The molecular weight excluding hydrogens is 434 g/mol. The highest BCUT2D eigenvalue weighted by molar-refractivity contribution is 5.80. The molecule has 0 N–H and O–H groups in total. The first-order valence-corrected chi connectivity index (χ1v) is 12.6. The van der Waals surface area contributed by atoms with Gasteiger partial charge in [0.15, 0.2) is 0 Å². The van der Waals surface area contributed by atoms with Crippen LogP contribution in [0.25, 0.3) is 22.3 Å². The summed E-state index contributed by atoms with van der Waals surface area (Å²) in [5.41, 5.74) is 11.1. The molecule has 0 saturated heterocycles. The van der Waals surface area contributed by atoms with Crippen molar-refractivity contribution in [2.24, 2.45) is 0 Å². The molecule has 36 heavy (non-hydrogen) atoms. The second-order valence-electron chi connectivity index (χ2n) is 10.4. The van der Waals surface area contributed by atoms with E-state index in [9.17, 15) is 0 Å². The van der Waals surface area contributed by atoms with E-state index in [1.165, 1.54) is 39.1 Å². The van der Waals surface area contributed by atoms with Gasteiger partial charge in [0.1, 0.15) is 0 Å². The molecule has 0 heterocycles. The molecule has 0 aliphatic heterocycles. The molecule has 0 atom stereocenters. The third kappa shape index (κ3) is 4.97. The zero-order chi connectivity index (χ0) is 25.1. The van der Waals surface area contributed by atoms with Crippen molar-refractivity contribution in [1.29, 1.82) is 0 Å². The lowest BCUT2D eigenvalue weighted by atomic mass is 9.84. The zero-order valence-electron chi connectivity index (χ0n) is 21.6. The van der Waals surface area contributed by atoms with Gasteiger partial charge in [-0.2, -0.15) is 0 Å². The monoisotopic (exact) mass is 467 g/mol. The van der Waals surface area contributed by atoms with Crippen LogP contribution >= 0.6 is 0 Å². The van der Waals surface area contributed by atoms with Crippen molar-refractivity contribution < 1.29 is 0 Å². The van der Waals surface area contributed by atoms with Crippen molar-refractivity contribution in [3.63, 3.8) is 0 Å². The Kier molecular flexibility index (Phi) is 6.48. The normalized spacial score (nSPS) is 11.3. The molecule has 0 fully saturated rings. The quantitative estimate of drug-likeness (QED) is 0.248. The molecule has 5 aromatic carbocycles. The third-order valence-electron chi connectivity index (χ3n) is 6.75. The molecular formula is C35H33N. The fraction of sp³-hybridized carbons (Fsp3) is 0.143. The molecule has 5 rings (SSSR count). The Labute approximate surface area is 215 Å². The Balaban J connectivity index is 1.59. The van der Waals surface area contributed by atoms with Gasteiger partial charge in [0.05, 0.1) is 0 Å². The van der Waals surface area contributed by atoms with Crippen LogP contribution in [0.2, 0.25) is 0 Å². The van der Waals surface area contributed by atoms with Crippen LogP contribution in [0, 0.1) is 6.92 Å². The topological polar surface area (TPSA) is 3.24 Å². The van der Waals surface area contributed by atoms with Crippen molar-refractivity contribution in [3.05, 3.63) is 139 Å². The number of benzene rings is 5. The largest absolute Gasteiger partial charge is 0.310 e. The number of rotatable bonds is 5. The van der Waals surface area contributed by atoms with Crippen LogP contribution in [0.5, 0.6) is 0 Å². The van der Waals surface area contributed by atoms with Gasteiger partial charge in [0.25, 0.3) is 0 Å². The second kappa shape index (κ2) is 9.87. The molecule has 0 spiro atoms. The number of hydrogen-bond donors (Lipinski definition) is 0. The first kappa shape index (κ1) is 23.6. The molecule has 0 amide bonds. The molecule has 0 aromatic heterocycles. The van der Waals surface area contributed by atoms with E-state index in [-0.39, 0.29) is 5.41 Å². The summed E-state index contributed by atoms with van der Waals surface area (Å²) in [5.74, 6) is 0. The minimum absolute atomic E-state index is 0.0695. The van der Waals surface area contributed by atoms with Gasteiger partial charge in [0, 0.05) is 17.1 Å². The Morgan fingerprint density at radius 2 is 0.833 bits per heavy atom. The first-order chi connectivity index (χ1) is 17.4. The van der Waals surface area contributed by atoms with Crippen LogP contribution < -0.4 is 4.90 Å². The molecule has 0 radical (unpaired) electrons.